The van der Waals surface area contributed by atoms with Gasteiger partial charge >= 0.3 is 15.6 Å². The highest BCUT2D eigenvalue weighted by Gasteiger charge is 2.51. The number of halogens is 3. The van der Waals surface area contributed by atoms with Gasteiger partial charge in [0.2, 0.25) is 0 Å². The topological polar surface area (TPSA) is 108 Å². The van der Waals surface area contributed by atoms with Gasteiger partial charge < -0.3 is 14.2 Å². The number of nitrogens with zero attached hydrogens (tertiary/aromatic N) is 1. The van der Waals surface area contributed by atoms with Gasteiger partial charge in [0.15, 0.2) is 0 Å². The number of hydrogen-bond acceptors (Lipinski definition) is 8. The molecule has 0 N–H and O–H groups in total. The molecule has 0 aliphatic carbocycles. The molecule has 0 saturated heterocycles. The van der Waals surface area contributed by atoms with Crippen molar-refractivity contribution in [3.8, 4) is 5.75 Å². The van der Waals surface area contributed by atoms with E-state index < -0.39 is 32.5 Å². The van der Waals surface area contributed by atoms with E-state index in [4.69, 9.17) is 14.2 Å². The van der Waals surface area contributed by atoms with Crippen molar-refractivity contribution in [2.45, 2.75) is 5.51 Å². The minimum atomic E-state index is -6.24. The van der Waals surface area contributed by atoms with Gasteiger partial charge in [-0.1, -0.05) is 12.1 Å². The zero-order valence-electron chi connectivity index (χ0n) is 16.0. The second kappa shape index (κ2) is 8.78. The van der Waals surface area contributed by atoms with Gasteiger partial charge in [0.1, 0.15) is 12.4 Å². The lowest BCUT2D eigenvalue weighted by molar-refractivity contribution is -0.0761. The minimum absolute atomic E-state index is 0.0874. The number of ether oxygens (including phenoxy) is 3. The van der Waals surface area contributed by atoms with E-state index in [2.05, 4.69) is 4.28 Å². The molecule has 168 valence electrons. The summed E-state index contributed by atoms with van der Waals surface area (Å²) in [5, 5.41) is 0.119. The molecule has 2 aromatic carbocycles. The molecule has 1 heterocycles. The average molecular weight is 463 g/mol. The van der Waals surface area contributed by atoms with Crippen molar-refractivity contribution in [1.82, 2.24) is 5.06 Å². The SMILES string of the molecule is COCCOCCOc1cc2c3c(cccc3c1)C(=O)N(OS(=O)(=O)C(F)(F)F)C2=O. The Balaban J connectivity index is 1.91. The van der Waals surface area contributed by atoms with Gasteiger partial charge in [-0.05, 0) is 23.6 Å². The maximum Gasteiger partial charge on any atom is 0.525 e. The van der Waals surface area contributed by atoms with Gasteiger partial charge in [-0.2, -0.15) is 21.6 Å². The lowest BCUT2D eigenvalue weighted by Gasteiger charge is -2.26. The van der Waals surface area contributed by atoms with Crippen LogP contribution in [0.5, 0.6) is 5.75 Å². The fourth-order valence-corrected chi connectivity index (χ4v) is 3.23. The molecule has 2 amide bonds. The third-order valence-electron chi connectivity index (χ3n) is 4.16. The van der Waals surface area contributed by atoms with Crippen molar-refractivity contribution < 1.29 is 49.7 Å². The number of alkyl halides is 3. The molecule has 2 aromatic rings. The molecular weight excluding hydrogens is 447 g/mol. The number of hydroxylamine groups is 2. The Morgan fingerprint density at radius 3 is 2.32 bits per heavy atom. The zero-order valence-corrected chi connectivity index (χ0v) is 16.8. The van der Waals surface area contributed by atoms with Crippen LogP contribution in [-0.2, 0) is 23.9 Å². The van der Waals surface area contributed by atoms with Crippen LogP contribution in [0.2, 0.25) is 0 Å². The lowest BCUT2D eigenvalue weighted by atomic mass is 9.95. The van der Waals surface area contributed by atoms with Crippen LogP contribution in [-0.4, -0.2) is 64.3 Å². The molecule has 0 spiro atoms. The van der Waals surface area contributed by atoms with E-state index in [-0.39, 0.29) is 35.5 Å². The van der Waals surface area contributed by atoms with E-state index in [0.29, 0.717) is 18.6 Å². The van der Waals surface area contributed by atoms with Gasteiger partial charge in [0.05, 0.1) is 30.9 Å². The predicted molar refractivity (Wildman–Crippen MR) is 98.7 cm³/mol. The molecule has 0 fully saturated rings. The van der Waals surface area contributed by atoms with Gasteiger partial charge in [0, 0.05) is 12.5 Å². The smallest absolute Gasteiger partial charge is 0.491 e. The maximum absolute atomic E-state index is 12.7. The monoisotopic (exact) mass is 463 g/mol. The number of imide groups is 1. The van der Waals surface area contributed by atoms with Crippen LogP contribution in [0.3, 0.4) is 0 Å². The first-order valence-corrected chi connectivity index (χ1v) is 10.1. The Bertz CT molecular complexity index is 1120. The largest absolute Gasteiger partial charge is 0.525 e. The molecule has 0 aromatic heterocycles. The van der Waals surface area contributed by atoms with Crippen LogP contribution in [0.25, 0.3) is 10.8 Å². The highest BCUT2D eigenvalue weighted by Crippen LogP contribution is 2.35. The number of carbonyl (C=O) groups is 2. The van der Waals surface area contributed by atoms with Crippen LogP contribution in [0.15, 0.2) is 30.3 Å². The van der Waals surface area contributed by atoms with E-state index in [9.17, 15) is 31.2 Å². The van der Waals surface area contributed by atoms with Crippen LogP contribution in [0.1, 0.15) is 20.7 Å². The maximum atomic E-state index is 12.7. The molecular formula is C18H16F3NO8S. The summed E-state index contributed by atoms with van der Waals surface area (Å²) in [6, 6.07) is 6.94. The standard InChI is InChI=1S/C18H16F3NO8S/c1-27-5-6-28-7-8-29-12-9-11-3-2-4-13-15(11)14(10-12)17(24)22(16(13)23)30-31(25,26)18(19,20)21/h2-4,9-10H,5-8H2,1H3. The number of rotatable bonds is 9. The minimum Gasteiger partial charge on any atom is -0.491 e. The number of carbonyl (C=O) groups excluding carboxylic acids is 2. The molecule has 0 radical (unpaired) electrons. The normalized spacial score (nSPS) is 14.4. The summed E-state index contributed by atoms with van der Waals surface area (Å²) < 4.78 is 80.1. The van der Waals surface area contributed by atoms with E-state index in [1.807, 2.05) is 0 Å². The highest BCUT2D eigenvalue weighted by atomic mass is 32.2. The zero-order chi connectivity index (χ0) is 22.8. The molecule has 1 aliphatic rings. The van der Waals surface area contributed by atoms with Crippen molar-refractivity contribution in [3.05, 3.63) is 41.5 Å². The third kappa shape index (κ3) is 4.63. The van der Waals surface area contributed by atoms with E-state index in [1.54, 1.807) is 6.07 Å². The van der Waals surface area contributed by atoms with Crippen molar-refractivity contribution in [1.29, 1.82) is 0 Å². The second-order valence-corrected chi connectivity index (χ2v) is 7.73. The number of hydrogen-bond donors (Lipinski definition) is 0. The average Bonchev–Trinajstić information content (AvgIpc) is 2.70. The Labute approximate surface area is 174 Å². The molecule has 31 heavy (non-hydrogen) atoms. The molecule has 0 saturated carbocycles. The Morgan fingerprint density at radius 1 is 0.968 bits per heavy atom. The summed E-state index contributed by atoms with van der Waals surface area (Å²) in [6.07, 6.45) is 0. The van der Waals surface area contributed by atoms with E-state index >= 15 is 0 Å². The van der Waals surface area contributed by atoms with Crippen LogP contribution in [0.4, 0.5) is 13.2 Å². The van der Waals surface area contributed by atoms with Gasteiger partial charge in [0.25, 0.3) is 11.8 Å². The summed E-state index contributed by atoms with van der Waals surface area (Å²) in [7, 11) is -4.73. The first-order chi connectivity index (χ1) is 14.6. The predicted octanol–water partition coefficient (Wildman–Crippen LogP) is 2.26. The number of benzene rings is 2. The summed E-state index contributed by atoms with van der Waals surface area (Å²) in [5.41, 5.74) is -6.27. The summed E-state index contributed by atoms with van der Waals surface area (Å²) in [5.74, 6) is -2.55. The quantitative estimate of drug-likeness (QED) is 0.317. The second-order valence-electron chi connectivity index (χ2n) is 6.21. The molecule has 0 bridgehead atoms. The van der Waals surface area contributed by atoms with Gasteiger partial charge in [-0.15, -0.1) is 9.35 Å². The Morgan fingerprint density at radius 2 is 1.65 bits per heavy atom. The first kappa shape index (κ1) is 22.9. The van der Waals surface area contributed by atoms with Gasteiger partial charge in [-0.3, -0.25) is 9.59 Å². The van der Waals surface area contributed by atoms with Gasteiger partial charge in [-0.25, -0.2) is 0 Å². The molecule has 0 unspecified atom stereocenters. The molecule has 9 nitrogen and oxygen atoms in total. The van der Waals surface area contributed by atoms with E-state index in [0.717, 1.165) is 0 Å². The summed E-state index contributed by atoms with van der Waals surface area (Å²) in [4.78, 5) is 25.2. The summed E-state index contributed by atoms with van der Waals surface area (Å²) in [6.45, 7) is 1.02. The van der Waals surface area contributed by atoms with Crippen molar-refractivity contribution in [3.63, 3.8) is 0 Å². The fraction of sp³-hybridized carbons (Fsp3) is 0.333. The first-order valence-electron chi connectivity index (χ1n) is 8.72. The Hall–Kier alpha value is -2.74. The highest BCUT2D eigenvalue weighted by molar-refractivity contribution is 7.87. The van der Waals surface area contributed by atoms with Crippen molar-refractivity contribution >= 4 is 32.7 Å². The molecule has 13 heteroatoms. The van der Waals surface area contributed by atoms with Crippen molar-refractivity contribution in [2.24, 2.45) is 0 Å². The number of amides is 2. The lowest BCUT2D eigenvalue weighted by Crippen LogP contribution is -2.44. The fourth-order valence-electron chi connectivity index (χ4n) is 2.81. The molecule has 0 atom stereocenters. The number of methoxy groups -OCH3 is 1. The molecule has 3 rings (SSSR count). The van der Waals surface area contributed by atoms with E-state index in [1.165, 1.54) is 31.4 Å². The third-order valence-corrected chi connectivity index (χ3v) is 5.08. The van der Waals surface area contributed by atoms with Crippen LogP contribution in [0, 0.1) is 0 Å². The summed E-state index contributed by atoms with van der Waals surface area (Å²) >= 11 is 0. The Kier molecular flexibility index (Phi) is 6.50. The molecule has 1 aliphatic heterocycles. The van der Waals surface area contributed by atoms with Crippen LogP contribution >= 0.6 is 0 Å². The van der Waals surface area contributed by atoms with Crippen molar-refractivity contribution in [2.75, 3.05) is 33.5 Å². The van der Waals surface area contributed by atoms with Crippen LogP contribution < -0.4 is 4.74 Å².